The smallest absolute Gasteiger partial charge is 0.261 e. The van der Waals surface area contributed by atoms with Gasteiger partial charge in [-0.25, -0.2) is 0 Å². The van der Waals surface area contributed by atoms with Crippen LogP contribution in [-0.2, 0) is 6.54 Å². The minimum absolute atomic E-state index is 0.212. The van der Waals surface area contributed by atoms with E-state index in [0.717, 1.165) is 12.8 Å². The molecule has 33 heavy (non-hydrogen) atoms. The predicted octanol–water partition coefficient (Wildman–Crippen LogP) is 3.86. The third-order valence-corrected chi connectivity index (χ3v) is 5.39. The number of nitrogens with zero attached hydrogens (tertiary/aromatic N) is 1. The van der Waals surface area contributed by atoms with Crippen LogP contribution in [0.2, 0.25) is 0 Å². The lowest BCUT2D eigenvalue weighted by molar-refractivity contribution is 0.0651. The highest BCUT2D eigenvalue weighted by molar-refractivity contribution is 6.22. The van der Waals surface area contributed by atoms with Crippen LogP contribution in [0.25, 0.3) is 0 Å². The number of fused-ring (bicyclic) bond motifs is 1. The number of furan rings is 1. The van der Waals surface area contributed by atoms with Crippen LogP contribution >= 0.6 is 0 Å². The molecule has 0 aliphatic carbocycles. The van der Waals surface area contributed by atoms with E-state index in [1.165, 1.54) is 29.4 Å². The maximum absolute atomic E-state index is 12.9. The number of anilines is 1. The largest absolute Gasteiger partial charge is 0.467 e. The first-order valence-electron chi connectivity index (χ1n) is 10.7. The van der Waals surface area contributed by atoms with Crippen LogP contribution in [0.1, 0.15) is 67.0 Å². The van der Waals surface area contributed by atoms with Crippen LogP contribution < -0.4 is 10.6 Å². The van der Waals surface area contributed by atoms with Crippen LogP contribution in [0.15, 0.2) is 65.3 Å². The van der Waals surface area contributed by atoms with Gasteiger partial charge in [-0.1, -0.05) is 25.5 Å². The van der Waals surface area contributed by atoms with Crippen LogP contribution in [-0.4, -0.2) is 35.1 Å². The van der Waals surface area contributed by atoms with Gasteiger partial charge in [0.05, 0.1) is 35.2 Å². The number of carbonyl (C=O) groups is 4. The summed E-state index contributed by atoms with van der Waals surface area (Å²) >= 11 is 0. The number of hydrogen-bond donors (Lipinski definition) is 2. The van der Waals surface area contributed by atoms with E-state index in [1.54, 1.807) is 36.4 Å². The van der Waals surface area contributed by atoms with Crippen LogP contribution in [0, 0.1) is 0 Å². The fraction of sp³-hybridized carbons (Fsp3) is 0.200. The molecule has 2 heterocycles. The zero-order valence-corrected chi connectivity index (χ0v) is 18.1. The summed E-state index contributed by atoms with van der Waals surface area (Å²) in [4.78, 5) is 51.9. The lowest BCUT2D eigenvalue weighted by Gasteiger charge is -2.12. The van der Waals surface area contributed by atoms with E-state index in [2.05, 4.69) is 10.6 Å². The van der Waals surface area contributed by atoms with E-state index in [9.17, 15) is 19.2 Å². The van der Waals surface area contributed by atoms with Gasteiger partial charge in [-0.3, -0.25) is 24.1 Å². The Morgan fingerprint density at radius 2 is 1.73 bits per heavy atom. The van der Waals surface area contributed by atoms with Crippen molar-refractivity contribution in [2.45, 2.75) is 26.3 Å². The molecule has 8 heteroatoms. The SMILES string of the molecule is CCCCN1C(=O)c2ccc(C(=O)Nc3ccccc3C(=O)NCc3ccco3)cc2C1=O. The second kappa shape index (κ2) is 9.52. The van der Waals surface area contributed by atoms with Gasteiger partial charge in [-0.05, 0) is 48.9 Å². The van der Waals surface area contributed by atoms with Crippen molar-refractivity contribution in [3.63, 3.8) is 0 Å². The lowest BCUT2D eigenvalue weighted by atomic mass is 10.0. The molecule has 2 aromatic carbocycles. The molecule has 0 radical (unpaired) electrons. The van der Waals surface area contributed by atoms with Gasteiger partial charge in [-0.2, -0.15) is 0 Å². The van der Waals surface area contributed by atoms with Crippen LogP contribution in [0.3, 0.4) is 0 Å². The molecule has 0 unspecified atom stereocenters. The van der Waals surface area contributed by atoms with E-state index >= 15 is 0 Å². The number of carbonyl (C=O) groups excluding carboxylic acids is 4. The highest BCUT2D eigenvalue weighted by atomic mass is 16.3. The average molecular weight is 445 g/mol. The molecule has 168 valence electrons. The topological polar surface area (TPSA) is 109 Å². The Morgan fingerprint density at radius 1 is 0.939 bits per heavy atom. The van der Waals surface area contributed by atoms with Crippen molar-refractivity contribution in [2.24, 2.45) is 0 Å². The number of imide groups is 1. The van der Waals surface area contributed by atoms with E-state index in [1.807, 2.05) is 6.92 Å². The molecule has 8 nitrogen and oxygen atoms in total. The predicted molar refractivity (Wildman–Crippen MR) is 121 cm³/mol. The van der Waals surface area contributed by atoms with Crippen LogP contribution in [0.5, 0.6) is 0 Å². The van der Waals surface area contributed by atoms with Gasteiger partial charge in [0.2, 0.25) is 0 Å². The third-order valence-electron chi connectivity index (χ3n) is 5.39. The normalized spacial score (nSPS) is 12.6. The maximum atomic E-state index is 12.9. The highest BCUT2D eigenvalue weighted by Gasteiger charge is 2.35. The second-order valence-electron chi connectivity index (χ2n) is 7.64. The molecule has 0 atom stereocenters. The van der Waals surface area contributed by atoms with Crippen molar-refractivity contribution in [2.75, 3.05) is 11.9 Å². The first kappa shape index (κ1) is 22.0. The van der Waals surface area contributed by atoms with Crippen LogP contribution in [0.4, 0.5) is 5.69 Å². The standard InChI is InChI=1S/C25H23N3O5/c1-2-3-12-28-24(31)18-11-10-16(14-20(18)25(28)32)22(29)27-21-9-5-4-8-19(21)23(30)26-15-17-7-6-13-33-17/h4-11,13-14H,2-3,12,15H2,1H3,(H,26,30)(H,27,29). The van der Waals surface area contributed by atoms with Crippen molar-refractivity contribution in [3.05, 3.63) is 88.9 Å². The third kappa shape index (κ3) is 4.55. The molecule has 0 saturated heterocycles. The Morgan fingerprint density at radius 3 is 2.48 bits per heavy atom. The highest BCUT2D eigenvalue weighted by Crippen LogP contribution is 2.25. The first-order chi connectivity index (χ1) is 16.0. The molecule has 1 aromatic heterocycles. The van der Waals surface area contributed by atoms with E-state index < -0.39 is 11.8 Å². The summed E-state index contributed by atoms with van der Waals surface area (Å²) in [5, 5.41) is 5.48. The van der Waals surface area contributed by atoms with E-state index in [0.29, 0.717) is 23.6 Å². The fourth-order valence-corrected chi connectivity index (χ4v) is 3.61. The molecule has 4 amide bonds. The van der Waals surface area contributed by atoms with E-state index in [-0.39, 0.29) is 35.0 Å². The Labute approximate surface area is 190 Å². The minimum Gasteiger partial charge on any atom is -0.467 e. The number of benzene rings is 2. The number of unbranched alkanes of at least 4 members (excludes halogenated alkanes) is 1. The molecule has 4 rings (SSSR count). The molecule has 1 aliphatic heterocycles. The molecule has 0 fully saturated rings. The van der Waals surface area contributed by atoms with Crippen molar-refractivity contribution >= 4 is 29.3 Å². The molecular formula is C25H23N3O5. The summed E-state index contributed by atoms with van der Waals surface area (Å²) < 4.78 is 5.21. The summed E-state index contributed by atoms with van der Waals surface area (Å²) in [6.45, 7) is 2.55. The van der Waals surface area contributed by atoms with Gasteiger partial charge in [0.1, 0.15) is 5.76 Å². The summed E-state index contributed by atoms with van der Waals surface area (Å²) in [6, 6.07) is 14.5. The van der Waals surface area contributed by atoms with Gasteiger partial charge in [0.15, 0.2) is 0 Å². The lowest BCUT2D eigenvalue weighted by Crippen LogP contribution is -2.30. The van der Waals surface area contributed by atoms with Gasteiger partial charge < -0.3 is 15.1 Å². The summed E-state index contributed by atoms with van der Waals surface area (Å²) in [7, 11) is 0. The monoisotopic (exact) mass is 445 g/mol. The molecular weight excluding hydrogens is 422 g/mol. The molecule has 2 N–H and O–H groups in total. The van der Waals surface area contributed by atoms with Gasteiger partial charge >= 0.3 is 0 Å². The first-order valence-corrected chi connectivity index (χ1v) is 10.7. The Kier molecular flexibility index (Phi) is 6.35. The minimum atomic E-state index is -0.489. The number of amides is 4. The second-order valence-corrected chi connectivity index (χ2v) is 7.64. The van der Waals surface area contributed by atoms with Gasteiger partial charge in [-0.15, -0.1) is 0 Å². The zero-order chi connectivity index (χ0) is 23.4. The number of rotatable bonds is 8. The van der Waals surface area contributed by atoms with Gasteiger partial charge in [0.25, 0.3) is 23.6 Å². The molecule has 1 aliphatic rings. The maximum Gasteiger partial charge on any atom is 0.261 e. The van der Waals surface area contributed by atoms with Crippen molar-refractivity contribution < 1.29 is 23.6 Å². The molecule has 3 aromatic rings. The van der Waals surface area contributed by atoms with Gasteiger partial charge in [0, 0.05) is 12.1 Å². The van der Waals surface area contributed by atoms with E-state index in [4.69, 9.17) is 4.42 Å². The molecule has 0 saturated carbocycles. The fourth-order valence-electron chi connectivity index (χ4n) is 3.61. The average Bonchev–Trinajstić information content (AvgIpc) is 3.43. The van der Waals surface area contributed by atoms with Crippen molar-refractivity contribution in [3.8, 4) is 0 Å². The summed E-state index contributed by atoms with van der Waals surface area (Å²) in [6.07, 6.45) is 3.10. The summed E-state index contributed by atoms with van der Waals surface area (Å²) in [5.41, 5.74) is 1.35. The number of para-hydroxylation sites is 1. The van der Waals surface area contributed by atoms with Crippen molar-refractivity contribution in [1.82, 2.24) is 10.2 Å². The number of hydrogen-bond acceptors (Lipinski definition) is 5. The molecule has 0 spiro atoms. The summed E-state index contributed by atoms with van der Waals surface area (Å²) in [5.74, 6) is -0.986. The Balaban J connectivity index is 1.50. The van der Waals surface area contributed by atoms with Crippen molar-refractivity contribution in [1.29, 1.82) is 0 Å². The quantitative estimate of drug-likeness (QED) is 0.512. The Bertz CT molecular complexity index is 1220. The molecule has 0 bridgehead atoms. The Hall–Kier alpha value is -4.20. The number of nitrogens with one attached hydrogen (secondary N) is 2. The zero-order valence-electron chi connectivity index (χ0n) is 18.1.